The summed E-state index contributed by atoms with van der Waals surface area (Å²) in [5, 5.41) is 0. The first-order valence-electron chi connectivity index (χ1n) is 6.58. The smallest absolute Gasteiger partial charge is 0.144 e. The lowest BCUT2D eigenvalue weighted by Gasteiger charge is -2.37. The van der Waals surface area contributed by atoms with Crippen molar-refractivity contribution in [3.63, 3.8) is 0 Å². The molecular formula is C14H15Br2F2N. The van der Waals surface area contributed by atoms with E-state index in [0.29, 0.717) is 27.9 Å². The molecule has 0 aromatic heterocycles. The van der Waals surface area contributed by atoms with E-state index in [-0.39, 0.29) is 5.56 Å². The zero-order chi connectivity index (χ0) is 13.6. The molecule has 2 heterocycles. The Hall–Kier alpha value is -0.000000000000000111. The van der Waals surface area contributed by atoms with Crippen LogP contribution in [0.3, 0.4) is 0 Å². The van der Waals surface area contributed by atoms with Crippen molar-refractivity contribution in [2.45, 2.75) is 49.1 Å². The van der Waals surface area contributed by atoms with Crippen molar-refractivity contribution >= 4 is 31.9 Å². The fraction of sp³-hybridized carbons (Fsp3) is 0.571. The lowest BCUT2D eigenvalue weighted by Crippen LogP contribution is -2.42. The molecule has 19 heavy (non-hydrogen) atoms. The van der Waals surface area contributed by atoms with Crippen molar-refractivity contribution in [2.75, 3.05) is 0 Å². The van der Waals surface area contributed by atoms with Gasteiger partial charge in [0.1, 0.15) is 11.6 Å². The first kappa shape index (κ1) is 14.0. The van der Waals surface area contributed by atoms with E-state index in [0.717, 1.165) is 25.7 Å². The molecule has 104 valence electrons. The van der Waals surface area contributed by atoms with Crippen LogP contribution in [0.4, 0.5) is 8.78 Å². The maximum absolute atomic E-state index is 14.0. The maximum atomic E-state index is 14.0. The second kappa shape index (κ2) is 5.41. The molecule has 0 N–H and O–H groups in total. The number of nitrogens with zero attached hydrogens (tertiary/aromatic N) is 1. The summed E-state index contributed by atoms with van der Waals surface area (Å²) in [6.45, 7) is 0.381. The fourth-order valence-electron chi connectivity index (χ4n) is 3.36. The van der Waals surface area contributed by atoms with Gasteiger partial charge in [0.15, 0.2) is 0 Å². The zero-order valence-corrected chi connectivity index (χ0v) is 13.6. The summed E-state index contributed by atoms with van der Waals surface area (Å²) in [4.78, 5) is 2.84. The van der Waals surface area contributed by atoms with E-state index < -0.39 is 11.6 Å². The Labute approximate surface area is 128 Å². The Bertz CT molecular complexity index is 481. The molecule has 2 aliphatic rings. The highest BCUT2D eigenvalue weighted by Crippen LogP contribution is 2.40. The van der Waals surface area contributed by atoms with Gasteiger partial charge in [0.05, 0.1) is 4.47 Å². The van der Waals surface area contributed by atoms with Crippen LogP contribution in [0.5, 0.6) is 0 Å². The van der Waals surface area contributed by atoms with Gasteiger partial charge in [-0.2, -0.15) is 0 Å². The van der Waals surface area contributed by atoms with Crippen LogP contribution < -0.4 is 0 Å². The topological polar surface area (TPSA) is 3.24 Å². The molecule has 2 fully saturated rings. The van der Waals surface area contributed by atoms with Crippen molar-refractivity contribution < 1.29 is 8.78 Å². The number of hydrogen-bond acceptors (Lipinski definition) is 1. The van der Waals surface area contributed by atoms with Gasteiger partial charge in [0.2, 0.25) is 0 Å². The van der Waals surface area contributed by atoms with Crippen molar-refractivity contribution in [1.82, 2.24) is 4.90 Å². The molecule has 0 spiro atoms. The van der Waals surface area contributed by atoms with Crippen LogP contribution >= 0.6 is 31.9 Å². The summed E-state index contributed by atoms with van der Waals surface area (Å²) < 4.78 is 28.2. The summed E-state index contributed by atoms with van der Waals surface area (Å²) in [6, 6.07) is 3.68. The second-order valence-electron chi connectivity index (χ2n) is 5.45. The summed E-state index contributed by atoms with van der Waals surface area (Å²) in [5.41, 5.74) is 0.194. The van der Waals surface area contributed by atoms with Crippen molar-refractivity contribution in [3.05, 3.63) is 33.8 Å². The van der Waals surface area contributed by atoms with Gasteiger partial charge in [-0.3, -0.25) is 4.90 Å². The molecule has 2 aliphatic heterocycles. The molecule has 3 rings (SSSR count). The molecule has 0 saturated carbocycles. The van der Waals surface area contributed by atoms with Crippen LogP contribution in [0.15, 0.2) is 16.6 Å². The molecular weight excluding hydrogens is 380 g/mol. The molecule has 0 amide bonds. The highest BCUT2D eigenvalue weighted by atomic mass is 79.9. The van der Waals surface area contributed by atoms with Gasteiger partial charge in [0.25, 0.3) is 0 Å². The monoisotopic (exact) mass is 393 g/mol. The van der Waals surface area contributed by atoms with E-state index in [1.165, 1.54) is 12.1 Å². The number of piperidine rings is 1. The Balaban J connectivity index is 1.85. The minimum atomic E-state index is -0.458. The Morgan fingerprint density at radius 1 is 1.16 bits per heavy atom. The molecule has 1 aromatic rings. The largest absolute Gasteiger partial charge is 0.293 e. The lowest BCUT2D eigenvalue weighted by molar-refractivity contribution is 0.133. The normalized spacial score (nSPS) is 30.8. The number of rotatable bonds is 2. The van der Waals surface area contributed by atoms with Crippen LogP contribution in [-0.2, 0) is 6.54 Å². The number of halogens is 4. The quantitative estimate of drug-likeness (QED) is 0.522. The summed E-state index contributed by atoms with van der Waals surface area (Å²) in [6.07, 6.45) is 4.44. The van der Waals surface area contributed by atoms with E-state index >= 15 is 0 Å². The van der Waals surface area contributed by atoms with Crippen LogP contribution in [0.25, 0.3) is 0 Å². The number of fused-ring (bicyclic) bond motifs is 2. The van der Waals surface area contributed by atoms with Crippen LogP contribution in [0, 0.1) is 11.6 Å². The zero-order valence-electron chi connectivity index (χ0n) is 10.4. The highest BCUT2D eigenvalue weighted by Gasteiger charge is 2.40. The Morgan fingerprint density at radius 2 is 1.79 bits per heavy atom. The molecule has 2 saturated heterocycles. The Morgan fingerprint density at radius 3 is 2.42 bits per heavy atom. The third-order valence-corrected chi connectivity index (χ3v) is 5.67. The summed E-state index contributed by atoms with van der Waals surface area (Å²) in [5.74, 6) is -0.901. The van der Waals surface area contributed by atoms with E-state index in [9.17, 15) is 8.78 Å². The van der Waals surface area contributed by atoms with Crippen molar-refractivity contribution in [3.8, 4) is 0 Å². The fourth-order valence-corrected chi connectivity index (χ4v) is 4.60. The molecule has 1 aromatic carbocycles. The van der Waals surface area contributed by atoms with Gasteiger partial charge in [-0.05, 0) is 53.7 Å². The van der Waals surface area contributed by atoms with Gasteiger partial charge in [0, 0.05) is 29.0 Å². The van der Waals surface area contributed by atoms with Gasteiger partial charge in [-0.25, -0.2) is 8.78 Å². The predicted octanol–water partition coefficient (Wildman–Crippen LogP) is 4.62. The molecule has 2 bridgehead atoms. The third-order valence-electron chi connectivity index (χ3n) is 4.31. The van der Waals surface area contributed by atoms with Crippen LogP contribution in [0.1, 0.15) is 31.2 Å². The third kappa shape index (κ3) is 2.61. The van der Waals surface area contributed by atoms with Gasteiger partial charge < -0.3 is 0 Å². The van der Waals surface area contributed by atoms with Gasteiger partial charge in [-0.15, -0.1) is 0 Å². The minimum Gasteiger partial charge on any atom is -0.293 e. The lowest BCUT2D eigenvalue weighted by atomic mass is 10.0. The first-order valence-corrected chi connectivity index (χ1v) is 8.29. The van der Waals surface area contributed by atoms with Crippen LogP contribution in [0.2, 0.25) is 0 Å². The van der Waals surface area contributed by atoms with Gasteiger partial charge >= 0.3 is 0 Å². The highest BCUT2D eigenvalue weighted by molar-refractivity contribution is 9.10. The van der Waals surface area contributed by atoms with Crippen LogP contribution in [-0.4, -0.2) is 21.8 Å². The molecule has 2 atom stereocenters. The second-order valence-corrected chi connectivity index (χ2v) is 7.60. The van der Waals surface area contributed by atoms with E-state index in [1.807, 2.05) is 0 Å². The predicted molar refractivity (Wildman–Crippen MR) is 78.4 cm³/mol. The molecule has 2 unspecified atom stereocenters. The first-order chi connectivity index (χ1) is 9.06. The summed E-state index contributed by atoms with van der Waals surface area (Å²) >= 11 is 6.81. The van der Waals surface area contributed by atoms with E-state index in [1.54, 1.807) is 0 Å². The van der Waals surface area contributed by atoms with Crippen molar-refractivity contribution in [1.29, 1.82) is 0 Å². The van der Waals surface area contributed by atoms with Gasteiger partial charge in [-0.1, -0.05) is 15.9 Å². The maximum Gasteiger partial charge on any atom is 0.144 e. The molecule has 1 nitrogen and oxygen atoms in total. The standard InChI is InChI=1S/C14H15Br2F2N/c15-8-5-9-1-2-10(6-8)19(9)7-11-13(17)4-3-12(16)14(11)18/h3-4,8-10H,1-2,5-7H2. The van der Waals surface area contributed by atoms with Crippen molar-refractivity contribution in [2.24, 2.45) is 0 Å². The molecule has 0 aliphatic carbocycles. The number of hydrogen-bond donors (Lipinski definition) is 0. The number of benzene rings is 1. The number of alkyl halides is 1. The van der Waals surface area contributed by atoms with E-state index in [4.69, 9.17) is 0 Å². The molecule has 0 radical (unpaired) electrons. The Kier molecular flexibility index (Phi) is 3.98. The molecule has 5 heteroatoms. The average Bonchev–Trinajstić information content (AvgIpc) is 2.60. The average molecular weight is 395 g/mol. The van der Waals surface area contributed by atoms with E-state index in [2.05, 4.69) is 36.8 Å². The minimum absolute atomic E-state index is 0.194. The summed E-state index contributed by atoms with van der Waals surface area (Å²) in [7, 11) is 0. The SMILES string of the molecule is Fc1ccc(Br)c(F)c1CN1C2CCC1CC(Br)C2.